The minimum Gasteiger partial charge on any atom is -0.324 e. The van der Waals surface area contributed by atoms with Crippen molar-refractivity contribution in [2.45, 2.75) is 26.3 Å². The number of halogens is 1. The Labute approximate surface area is 138 Å². The summed E-state index contributed by atoms with van der Waals surface area (Å²) >= 11 is 5.92. The number of rotatable bonds is 2. The van der Waals surface area contributed by atoms with Gasteiger partial charge < -0.3 is 5.32 Å². The number of hydrazine groups is 1. The summed E-state index contributed by atoms with van der Waals surface area (Å²) in [5, 5.41) is 7.53. The van der Waals surface area contributed by atoms with Crippen LogP contribution in [0.25, 0.3) is 0 Å². The first kappa shape index (κ1) is 15.4. The molecule has 0 unspecified atom stereocenters. The van der Waals surface area contributed by atoms with Crippen LogP contribution >= 0.6 is 11.6 Å². The molecule has 120 valence electrons. The highest BCUT2D eigenvalue weighted by Gasteiger charge is 2.39. The normalized spacial score (nSPS) is 19.5. The van der Waals surface area contributed by atoms with Gasteiger partial charge in [0, 0.05) is 10.7 Å². The molecule has 0 aromatic heterocycles. The predicted molar refractivity (Wildman–Crippen MR) is 87.4 cm³/mol. The number of fused-ring (bicyclic) bond motifs is 1. The number of guanidine groups is 1. The molecule has 23 heavy (non-hydrogen) atoms. The fraction of sp³-hybridized carbons (Fsp3) is 0.267. The SMILES string of the molecule is CC(C)=C1N=C2NC(=O)C[C@@H](C(=O)Nc3cccc(Cl)c3)N2N1. The Kier molecular flexibility index (Phi) is 3.96. The zero-order chi connectivity index (χ0) is 16.6. The van der Waals surface area contributed by atoms with Gasteiger partial charge in [0.15, 0.2) is 0 Å². The molecular formula is C15H16ClN5O2. The van der Waals surface area contributed by atoms with Gasteiger partial charge >= 0.3 is 0 Å². The molecule has 2 aliphatic rings. The lowest BCUT2D eigenvalue weighted by molar-refractivity contribution is -0.129. The third-order valence-corrected chi connectivity index (χ3v) is 3.72. The van der Waals surface area contributed by atoms with E-state index in [4.69, 9.17) is 11.6 Å². The molecule has 0 spiro atoms. The molecule has 1 atom stereocenters. The molecule has 3 N–H and O–H groups in total. The first-order valence-electron chi connectivity index (χ1n) is 7.12. The van der Waals surface area contributed by atoms with Crippen LogP contribution < -0.4 is 16.1 Å². The summed E-state index contributed by atoms with van der Waals surface area (Å²) in [7, 11) is 0. The maximum Gasteiger partial charge on any atom is 0.249 e. The van der Waals surface area contributed by atoms with E-state index < -0.39 is 6.04 Å². The standard InChI is InChI=1S/C15H16ClN5O2/c1-8(2)13-19-15-18-12(22)7-11(21(15)20-13)14(23)17-10-5-3-4-9(16)6-10/h3-6,11,20H,7H2,1-2H3,(H,17,23)(H,18,19,22)/t11-/m0/s1. The van der Waals surface area contributed by atoms with Gasteiger partial charge in [-0.1, -0.05) is 17.7 Å². The molecule has 7 nitrogen and oxygen atoms in total. The van der Waals surface area contributed by atoms with Gasteiger partial charge in [0.05, 0.1) is 6.42 Å². The summed E-state index contributed by atoms with van der Waals surface area (Å²) in [6.07, 6.45) is 0.0362. The molecule has 0 bridgehead atoms. The van der Waals surface area contributed by atoms with Gasteiger partial charge in [0.1, 0.15) is 11.9 Å². The van der Waals surface area contributed by atoms with E-state index in [-0.39, 0.29) is 18.2 Å². The number of benzene rings is 1. The number of aliphatic imine (C=N–C) groups is 1. The number of anilines is 1. The Morgan fingerprint density at radius 1 is 1.43 bits per heavy atom. The second kappa shape index (κ2) is 5.92. The molecule has 2 amide bonds. The van der Waals surface area contributed by atoms with Crippen molar-refractivity contribution in [2.75, 3.05) is 5.32 Å². The Bertz CT molecular complexity index is 739. The van der Waals surface area contributed by atoms with Gasteiger partial charge in [-0.05, 0) is 37.6 Å². The number of allylic oxidation sites excluding steroid dienone is 1. The lowest BCUT2D eigenvalue weighted by Gasteiger charge is -2.32. The van der Waals surface area contributed by atoms with E-state index >= 15 is 0 Å². The summed E-state index contributed by atoms with van der Waals surface area (Å²) in [4.78, 5) is 28.7. The number of carbonyl (C=O) groups is 2. The number of carbonyl (C=O) groups excluding carboxylic acids is 2. The molecule has 1 fully saturated rings. The molecule has 1 aromatic rings. The van der Waals surface area contributed by atoms with Crippen LogP contribution in [-0.2, 0) is 9.59 Å². The summed E-state index contributed by atoms with van der Waals surface area (Å²) < 4.78 is 0. The Morgan fingerprint density at radius 3 is 2.91 bits per heavy atom. The minimum absolute atomic E-state index is 0.0362. The van der Waals surface area contributed by atoms with Crippen molar-refractivity contribution in [3.63, 3.8) is 0 Å². The van der Waals surface area contributed by atoms with Crippen molar-refractivity contribution >= 4 is 35.1 Å². The third-order valence-electron chi connectivity index (χ3n) is 3.48. The Morgan fingerprint density at radius 2 is 2.22 bits per heavy atom. The lowest BCUT2D eigenvalue weighted by atomic mass is 10.1. The third kappa shape index (κ3) is 3.14. The maximum absolute atomic E-state index is 12.6. The molecule has 1 aromatic carbocycles. The molecular weight excluding hydrogens is 318 g/mol. The molecule has 2 heterocycles. The van der Waals surface area contributed by atoms with E-state index in [1.807, 2.05) is 13.8 Å². The number of nitrogens with one attached hydrogen (secondary N) is 3. The van der Waals surface area contributed by atoms with Crippen molar-refractivity contribution in [1.82, 2.24) is 15.8 Å². The van der Waals surface area contributed by atoms with Crippen LogP contribution in [0.5, 0.6) is 0 Å². The largest absolute Gasteiger partial charge is 0.324 e. The summed E-state index contributed by atoms with van der Waals surface area (Å²) in [6, 6.07) is 6.16. The van der Waals surface area contributed by atoms with Gasteiger partial charge in [0.25, 0.3) is 0 Å². The average Bonchev–Trinajstić information content (AvgIpc) is 2.90. The molecule has 8 heteroatoms. The molecule has 0 radical (unpaired) electrons. The number of amides is 2. The van der Waals surface area contributed by atoms with Gasteiger partial charge in [0.2, 0.25) is 17.8 Å². The molecule has 3 rings (SSSR count). The topological polar surface area (TPSA) is 85.8 Å². The van der Waals surface area contributed by atoms with Crippen LogP contribution in [-0.4, -0.2) is 28.8 Å². The van der Waals surface area contributed by atoms with E-state index in [0.29, 0.717) is 22.5 Å². The zero-order valence-corrected chi connectivity index (χ0v) is 13.4. The van der Waals surface area contributed by atoms with Crippen molar-refractivity contribution in [1.29, 1.82) is 0 Å². The first-order valence-corrected chi connectivity index (χ1v) is 7.50. The zero-order valence-electron chi connectivity index (χ0n) is 12.7. The minimum atomic E-state index is -0.696. The van der Waals surface area contributed by atoms with Gasteiger partial charge in [-0.15, -0.1) is 0 Å². The number of hydrogen-bond donors (Lipinski definition) is 3. The van der Waals surface area contributed by atoms with E-state index in [9.17, 15) is 9.59 Å². The average molecular weight is 334 g/mol. The van der Waals surface area contributed by atoms with Crippen molar-refractivity contribution in [3.8, 4) is 0 Å². The van der Waals surface area contributed by atoms with Crippen LogP contribution in [0.1, 0.15) is 20.3 Å². The summed E-state index contributed by atoms with van der Waals surface area (Å²) in [6.45, 7) is 3.79. The smallest absolute Gasteiger partial charge is 0.249 e. The van der Waals surface area contributed by atoms with E-state index in [1.54, 1.807) is 29.3 Å². The quantitative estimate of drug-likeness (QED) is 0.767. The van der Waals surface area contributed by atoms with Gasteiger partial charge in [-0.2, -0.15) is 4.99 Å². The van der Waals surface area contributed by atoms with Crippen LogP contribution in [0.2, 0.25) is 5.02 Å². The molecule has 1 saturated heterocycles. The highest BCUT2D eigenvalue weighted by molar-refractivity contribution is 6.30. The fourth-order valence-corrected chi connectivity index (χ4v) is 2.52. The van der Waals surface area contributed by atoms with Gasteiger partial charge in [-0.25, -0.2) is 5.01 Å². The second-order valence-corrected chi connectivity index (χ2v) is 5.97. The first-order chi connectivity index (χ1) is 10.9. The Hall–Kier alpha value is -2.54. The monoisotopic (exact) mass is 333 g/mol. The highest BCUT2D eigenvalue weighted by atomic mass is 35.5. The molecule has 2 aliphatic heterocycles. The van der Waals surface area contributed by atoms with Crippen LogP contribution in [0.15, 0.2) is 40.7 Å². The number of nitrogens with zero attached hydrogens (tertiary/aromatic N) is 2. The fourth-order valence-electron chi connectivity index (χ4n) is 2.33. The lowest BCUT2D eigenvalue weighted by Crippen LogP contribution is -2.61. The molecule has 0 aliphatic carbocycles. The second-order valence-electron chi connectivity index (χ2n) is 5.53. The van der Waals surface area contributed by atoms with E-state index in [0.717, 1.165) is 5.57 Å². The number of hydrogen-bond acceptors (Lipinski definition) is 5. The maximum atomic E-state index is 12.6. The van der Waals surface area contributed by atoms with Crippen LogP contribution in [0.3, 0.4) is 0 Å². The van der Waals surface area contributed by atoms with Crippen molar-refractivity contribution < 1.29 is 9.59 Å². The predicted octanol–water partition coefficient (Wildman–Crippen LogP) is 1.59. The van der Waals surface area contributed by atoms with Crippen LogP contribution in [0, 0.1) is 0 Å². The molecule has 0 saturated carbocycles. The summed E-state index contributed by atoms with van der Waals surface area (Å²) in [5.41, 5.74) is 4.58. The van der Waals surface area contributed by atoms with Gasteiger partial charge in [-0.3, -0.25) is 20.3 Å². The van der Waals surface area contributed by atoms with E-state index in [2.05, 4.69) is 21.1 Å². The van der Waals surface area contributed by atoms with Crippen molar-refractivity contribution in [2.24, 2.45) is 4.99 Å². The van der Waals surface area contributed by atoms with E-state index in [1.165, 1.54) is 0 Å². The van der Waals surface area contributed by atoms with Crippen molar-refractivity contribution in [3.05, 3.63) is 40.7 Å². The highest BCUT2D eigenvalue weighted by Crippen LogP contribution is 2.20. The summed E-state index contributed by atoms with van der Waals surface area (Å²) in [5.74, 6) is 0.409. The Balaban J connectivity index is 1.81. The van der Waals surface area contributed by atoms with Crippen LogP contribution in [0.4, 0.5) is 5.69 Å².